The molecule has 1 saturated carbocycles. The highest BCUT2D eigenvalue weighted by Gasteiger charge is 2.53. The Morgan fingerprint density at radius 1 is 1.28 bits per heavy atom. The van der Waals surface area contributed by atoms with Crippen LogP contribution in [-0.2, 0) is 11.2 Å². The van der Waals surface area contributed by atoms with Crippen molar-refractivity contribution in [3.63, 3.8) is 0 Å². The molecular formula is C13H16BrClN2O. The zero-order chi connectivity index (χ0) is 11.8. The van der Waals surface area contributed by atoms with Crippen molar-refractivity contribution in [1.29, 1.82) is 0 Å². The van der Waals surface area contributed by atoms with Gasteiger partial charge in [-0.3, -0.25) is 4.79 Å². The molecular weight excluding hydrogens is 316 g/mol. The normalized spacial score (nSPS) is 28.2. The van der Waals surface area contributed by atoms with E-state index in [1.54, 1.807) is 0 Å². The number of piperidine rings is 1. The molecule has 18 heavy (non-hydrogen) atoms. The van der Waals surface area contributed by atoms with Crippen LogP contribution in [-0.4, -0.2) is 25.0 Å². The highest BCUT2D eigenvalue weighted by atomic mass is 79.9. The summed E-state index contributed by atoms with van der Waals surface area (Å²) in [5.74, 6) is 1.51. The lowest BCUT2D eigenvalue weighted by Gasteiger charge is -2.07. The monoisotopic (exact) mass is 330 g/mol. The average Bonchev–Trinajstić information content (AvgIpc) is 2.77. The van der Waals surface area contributed by atoms with E-state index in [-0.39, 0.29) is 18.3 Å². The predicted octanol–water partition coefficient (Wildman–Crippen LogP) is 1.75. The number of hydrogen-bond donors (Lipinski definition) is 2. The fourth-order valence-electron chi connectivity index (χ4n) is 2.66. The summed E-state index contributed by atoms with van der Waals surface area (Å²) in [7, 11) is 0. The van der Waals surface area contributed by atoms with Crippen LogP contribution in [0.5, 0.6) is 0 Å². The highest BCUT2D eigenvalue weighted by Crippen LogP contribution is 2.41. The maximum Gasteiger partial charge on any atom is 0.224 e. The molecule has 3 nitrogen and oxygen atoms in total. The van der Waals surface area contributed by atoms with Gasteiger partial charge in [-0.05, 0) is 29.5 Å². The smallest absolute Gasteiger partial charge is 0.224 e. The molecule has 1 aromatic rings. The van der Waals surface area contributed by atoms with Gasteiger partial charge in [-0.2, -0.15) is 0 Å². The van der Waals surface area contributed by atoms with Crippen molar-refractivity contribution >= 4 is 34.2 Å². The lowest BCUT2D eigenvalue weighted by molar-refractivity contribution is -0.120. The Bertz CT molecular complexity index is 427. The van der Waals surface area contributed by atoms with Crippen LogP contribution in [0, 0.1) is 11.8 Å². The van der Waals surface area contributed by atoms with Gasteiger partial charge in [-0.1, -0.05) is 28.1 Å². The Kier molecular flexibility index (Phi) is 4.30. The van der Waals surface area contributed by atoms with Gasteiger partial charge >= 0.3 is 0 Å². The Balaban J connectivity index is 0.00000120. The van der Waals surface area contributed by atoms with Crippen molar-refractivity contribution in [3.8, 4) is 0 Å². The molecule has 3 rings (SSSR count). The topological polar surface area (TPSA) is 41.1 Å². The highest BCUT2D eigenvalue weighted by molar-refractivity contribution is 9.10. The zero-order valence-corrected chi connectivity index (χ0v) is 12.3. The fraction of sp³-hybridized carbons (Fsp3) is 0.462. The SMILES string of the molecule is Cl.O=C(Cc1ccc(Br)cc1)NC1C2CNCC21. The van der Waals surface area contributed by atoms with Crippen molar-refractivity contribution in [2.24, 2.45) is 11.8 Å². The lowest BCUT2D eigenvalue weighted by atomic mass is 10.1. The molecule has 0 radical (unpaired) electrons. The van der Waals surface area contributed by atoms with Crippen molar-refractivity contribution in [2.45, 2.75) is 12.5 Å². The lowest BCUT2D eigenvalue weighted by Crippen LogP contribution is -2.33. The first-order valence-corrected chi connectivity index (χ1v) is 6.78. The van der Waals surface area contributed by atoms with Gasteiger partial charge in [0.1, 0.15) is 0 Å². The number of hydrogen-bond acceptors (Lipinski definition) is 2. The van der Waals surface area contributed by atoms with Crippen LogP contribution in [0.1, 0.15) is 5.56 Å². The van der Waals surface area contributed by atoms with E-state index >= 15 is 0 Å². The van der Waals surface area contributed by atoms with Crippen molar-refractivity contribution in [3.05, 3.63) is 34.3 Å². The van der Waals surface area contributed by atoms with Crippen LogP contribution < -0.4 is 10.6 Å². The third kappa shape index (κ3) is 2.87. The van der Waals surface area contributed by atoms with Crippen LogP contribution in [0.3, 0.4) is 0 Å². The van der Waals surface area contributed by atoms with E-state index in [0.29, 0.717) is 24.3 Å². The summed E-state index contributed by atoms with van der Waals surface area (Å²) in [5, 5.41) is 6.45. The molecule has 1 aliphatic carbocycles. The summed E-state index contributed by atoms with van der Waals surface area (Å²) in [5.41, 5.74) is 1.06. The zero-order valence-electron chi connectivity index (χ0n) is 9.86. The number of halogens is 2. The molecule has 2 N–H and O–H groups in total. The van der Waals surface area contributed by atoms with Gasteiger partial charge in [0.15, 0.2) is 0 Å². The summed E-state index contributed by atoms with van der Waals surface area (Å²) in [6.45, 7) is 2.13. The maximum atomic E-state index is 11.8. The Hall–Kier alpha value is -0.580. The number of benzene rings is 1. The van der Waals surface area contributed by atoms with Crippen LogP contribution >= 0.6 is 28.3 Å². The minimum absolute atomic E-state index is 0. The third-order valence-corrected chi connectivity index (χ3v) is 4.23. The quantitative estimate of drug-likeness (QED) is 0.886. The van der Waals surface area contributed by atoms with Crippen molar-refractivity contribution in [1.82, 2.24) is 10.6 Å². The predicted molar refractivity (Wildman–Crippen MR) is 76.9 cm³/mol. The third-order valence-electron chi connectivity index (χ3n) is 3.70. The van der Waals surface area contributed by atoms with E-state index in [4.69, 9.17) is 0 Å². The number of carbonyl (C=O) groups is 1. The van der Waals surface area contributed by atoms with Crippen LogP contribution in [0.2, 0.25) is 0 Å². The van der Waals surface area contributed by atoms with E-state index in [0.717, 1.165) is 23.1 Å². The van der Waals surface area contributed by atoms with Crippen LogP contribution in [0.4, 0.5) is 0 Å². The minimum Gasteiger partial charge on any atom is -0.352 e. The number of amides is 1. The van der Waals surface area contributed by atoms with Crippen LogP contribution in [0.25, 0.3) is 0 Å². The Morgan fingerprint density at radius 2 is 1.89 bits per heavy atom. The molecule has 1 saturated heterocycles. The molecule has 2 fully saturated rings. The largest absolute Gasteiger partial charge is 0.352 e. The second-order valence-corrected chi connectivity index (χ2v) is 5.80. The molecule has 98 valence electrons. The number of rotatable bonds is 3. The first kappa shape index (κ1) is 13.8. The first-order chi connectivity index (χ1) is 8.24. The minimum atomic E-state index is 0. The molecule has 2 unspecified atom stereocenters. The maximum absolute atomic E-state index is 11.8. The van der Waals surface area contributed by atoms with Crippen molar-refractivity contribution in [2.75, 3.05) is 13.1 Å². The molecule has 1 aromatic carbocycles. The average molecular weight is 332 g/mol. The number of fused-ring (bicyclic) bond motifs is 1. The first-order valence-electron chi connectivity index (χ1n) is 5.98. The van der Waals surface area contributed by atoms with E-state index in [1.165, 1.54) is 0 Å². The Morgan fingerprint density at radius 3 is 2.50 bits per heavy atom. The summed E-state index contributed by atoms with van der Waals surface area (Å²) in [4.78, 5) is 11.8. The second-order valence-electron chi connectivity index (χ2n) is 4.88. The standard InChI is InChI=1S/C13H15BrN2O.ClH/c14-9-3-1-8(2-4-9)5-12(17)16-13-10-6-15-7-11(10)13;/h1-4,10-11,13,15H,5-7H2,(H,16,17);1H. The van der Waals surface area contributed by atoms with Gasteiger partial charge in [-0.15, -0.1) is 12.4 Å². The molecule has 5 heteroatoms. The molecule has 0 spiro atoms. The number of carbonyl (C=O) groups excluding carboxylic acids is 1. The second kappa shape index (κ2) is 5.59. The molecule has 2 atom stereocenters. The molecule has 0 aromatic heterocycles. The van der Waals surface area contributed by atoms with Gasteiger partial charge in [0.25, 0.3) is 0 Å². The van der Waals surface area contributed by atoms with E-state index < -0.39 is 0 Å². The molecule has 2 aliphatic rings. The van der Waals surface area contributed by atoms with E-state index in [1.807, 2.05) is 24.3 Å². The van der Waals surface area contributed by atoms with Gasteiger partial charge in [-0.25, -0.2) is 0 Å². The summed E-state index contributed by atoms with van der Waals surface area (Å²) in [6, 6.07) is 8.34. The summed E-state index contributed by atoms with van der Waals surface area (Å²) < 4.78 is 1.05. The number of nitrogens with one attached hydrogen (secondary N) is 2. The van der Waals surface area contributed by atoms with Gasteiger partial charge < -0.3 is 10.6 Å². The molecule has 0 bridgehead atoms. The fourth-order valence-corrected chi connectivity index (χ4v) is 2.92. The van der Waals surface area contributed by atoms with Gasteiger partial charge in [0, 0.05) is 23.6 Å². The van der Waals surface area contributed by atoms with Crippen LogP contribution in [0.15, 0.2) is 28.7 Å². The Labute approximate surface area is 121 Å². The van der Waals surface area contributed by atoms with Gasteiger partial charge in [0.05, 0.1) is 6.42 Å². The summed E-state index contributed by atoms with van der Waals surface area (Å²) >= 11 is 3.39. The van der Waals surface area contributed by atoms with Crippen molar-refractivity contribution < 1.29 is 4.79 Å². The molecule has 1 amide bonds. The van der Waals surface area contributed by atoms with E-state index in [9.17, 15) is 4.79 Å². The summed E-state index contributed by atoms with van der Waals surface area (Å²) in [6.07, 6.45) is 0.483. The molecule has 1 heterocycles. The van der Waals surface area contributed by atoms with Gasteiger partial charge in [0.2, 0.25) is 5.91 Å². The molecule has 1 aliphatic heterocycles. The van der Waals surface area contributed by atoms with E-state index in [2.05, 4.69) is 26.6 Å².